The zero-order chi connectivity index (χ0) is 11.0. The normalized spacial score (nSPS) is 23.2. The molecule has 0 saturated heterocycles. The summed E-state index contributed by atoms with van der Waals surface area (Å²) in [5, 5.41) is 2.32. The molecular weight excluding hydrogens is 216 g/mol. The van der Waals surface area contributed by atoms with E-state index in [9.17, 15) is 0 Å². The van der Waals surface area contributed by atoms with Crippen LogP contribution in [0.2, 0.25) is 0 Å². The summed E-state index contributed by atoms with van der Waals surface area (Å²) < 4.78 is 0. The topological polar surface area (TPSA) is 38.9 Å². The van der Waals surface area contributed by atoms with E-state index in [-0.39, 0.29) is 0 Å². The molecule has 88 valence electrons. The summed E-state index contributed by atoms with van der Waals surface area (Å²) in [7, 11) is 0. The van der Waals surface area contributed by atoms with Crippen LogP contribution in [0.4, 0.5) is 5.00 Å². The Kier molecular flexibility index (Phi) is 2.88. The zero-order valence-electron chi connectivity index (χ0n) is 9.74. The minimum Gasteiger partial charge on any atom is -0.389 e. The number of aromatic nitrogens is 1. The van der Waals surface area contributed by atoms with Crippen molar-refractivity contribution >= 4 is 16.3 Å². The first-order chi connectivity index (χ1) is 7.84. The molecule has 2 aliphatic rings. The fourth-order valence-corrected chi connectivity index (χ4v) is 3.80. The molecule has 2 N–H and O–H groups in total. The highest BCUT2D eigenvalue weighted by molar-refractivity contribution is 7.15. The lowest BCUT2D eigenvalue weighted by atomic mass is 9.97. The van der Waals surface area contributed by atoms with Crippen molar-refractivity contribution in [3.05, 3.63) is 10.7 Å². The van der Waals surface area contributed by atoms with Crippen molar-refractivity contribution in [1.82, 2.24) is 4.98 Å². The molecule has 0 spiro atoms. The summed E-state index contributed by atoms with van der Waals surface area (Å²) in [6, 6.07) is 0. The number of hydrogen-bond donors (Lipinski definition) is 1. The van der Waals surface area contributed by atoms with Crippen molar-refractivity contribution in [2.75, 3.05) is 5.73 Å². The minimum atomic E-state index is 0.659. The third-order valence-electron chi connectivity index (χ3n) is 3.87. The van der Waals surface area contributed by atoms with Crippen LogP contribution in [0.25, 0.3) is 0 Å². The summed E-state index contributed by atoms with van der Waals surface area (Å²) in [6.45, 7) is 0. The second-order valence-corrected chi connectivity index (χ2v) is 6.33. The molecule has 3 heteroatoms. The molecule has 16 heavy (non-hydrogen) atoms. The van der Waals surface area contributed by atoms with Crippen LogP contribution in [0, 0.1) is 0 Å². The number of hydrogen-bond acceptors (Lipinski definition) is 3. The van der Waals surface area contributed by atoms with E-state index in [1.807, 2.05) is 0 Å². The molecule has 0 aromatic carbocycles. The highest BCUT2D eigenvalue weighted by Crippen LogP contribution is 2.45. The molecule has 2 nitrogen and oxygen atoms in total. The van der Waals surface area contributed by atoms with Crippen LogP contribution >= 0.6 is 11.3 Å². The first kappa shape index (κ1) is 10.6. The van der Waals surface area contributed by atoms with Crippen LogP contribution in [0.15, 0.2) is 0 Å². The van der Waals surface area contributed by atoms with Crippen LogP contribution in [-0.2, 0) is 0 Å². The van der Waals surface area contributed by atoms with E-state index in [0.29, 0.717) is 5.92 Å². The maximum atomic E-state index is 6.14. The Morgan fingerprint density at radius 2 is 1.62 bits per heavy atom. The van der Waals surface area contributed by atoms with E-state index in [1.54, 1.807) is 11.3 Å². The number of rotatable bonds is 2. The first-order valence-corrected chi connectivity index (χ1v) is 7.42. The number of anilines is 1. The predicted molar refractivity (Wildman–Crippen MR) is 68.9 cm³/mol. The minimum absolute atomic E-state index is 0.659. The van der Waals surface area contributed by atoms with Crippen molar-refractivity contribution in [3.8, 4) is 0 Å². The van der Waals surface area contributed by atoms with Crippen LogP contribution in [0.5, 0.6) is 0 Å². The Hall–Kier alpha value is -0.570. The summed E-state index contributed by atoms with van der Waals surface area (Å²) in [6.07, 6.45) is 10.8. The molecule has 1 aromatic heterocycles. The lowest BCUT2D eigenvalue weighted by molar-refractivity contribution is 0.580. The molecule has 2 fully saturated rings. The molecule has 0 amide bonds. The van der Waals surface area contributed by atoms with Gasteiger partial charge in [-0.2, -0.15) is 0 Å². The van der Waals surface area contributed by atoms with Gasteiger partial charge in [0.1, 0.15) is 5.00 Å². The molecular formula is C13H20N2S. The van der Waals surface area contributed by atoms with E-state index in [4.69, 9.17) is 10.7 Å². The van der Waals surface area contributed by atoms with E-state index in [1.165, 1.54) is 62.1 Å². The molecule has 2 aliphatic carbocycles. The molecule has 0 atom stereocenters. The number of nitrogens with two attached hydrogens (primary N) is 1. The Morgan fingerprint density at radius 1 is 0.938 bits per heavy atom. The molecule has 3 rings (SSSR count). The van der Waals surface area contributed by atoms with Gasteiger partial charge in [0.05, 0.1) is 10.7 Å². The standard InChI is InChI=1S/C13H20N2S/c14-12-11(9-5-3-1-2-4-6-9)15-13(16-12)10-7-8-10/h9-10H,1-8,14H2. The van der Waals surface area contributed by atoms with Gasteiger partial charge in [-0.05, 0) is 25.7 Å². The van der Waals surface area contributed by atoms with Crippen LogP contribution in [0.1, 0.15) is 73.9 Å². The van der Waals surface area contributed by atoms with Crippen LogP contribution in [0.3, 0.4) is 0 Å². The van der Waals surface area contributed by atoms with Crippen molar-refractivity contribution in [1.29, 1.82) is 0 Å². The highest BCUT2D eigenvalue weighted by atomic mass is 32.1. The van der Waals surface area contributed by atoms with Gasteiger partial charge in [0.2, 0.25) is 0 Å². The summed E-state index contributed by atoms with van der Waals surface area (Å²) in [5.41, 5.74) is 7.39. The maximum absolute atomic E-state index is 6.14. The molecule has 2 saturated carbocycles. The highest BCUT2D eigenvalue weighted by Gasteiger charge is 2.29. The molecule has 0 unspecified atom stereocenters. The van der Waals surface area contributed by atoms with E-state index >= 15 is 0 Å². The molecule has 0 bridgehead atoms. The van der Waals surface area contributed by atoms with E-state index < -0.39 is 0 Å². The van der Waals surface area contributed by atoms with Crippen molar-refractivity contribution in [2.24, 2.45) is 0 Å². The maximum Gasteiger partial charge on any atom is 0.110 e. The lowest BCUT2D eigenvalue weighted by Crippen LogP contribution is -2.01. The zero-order valence-corrected chi connectivity index (χ0v) is 10.6. The van der Waals surface area contributed by atoms with Gasteiger partial charge in [-0.3, -0.25) is 0 Å². The van der Waals surface area contributed by atoms with Crippen molar-refractivity contribution < 1.29 is 0 Å². The monoisotopic (exact) mass is 236 g/mol. The number of nitrogens with zero attached hydrogens (tertiary/aromatic N) is 1. The van der Waals surface area contributed by atoms with Gasteiger partial charge in [0.15, 0.2) is 0 Å². The van der Waals surface area contributed by atoms with Gasteiger partial charge in [-0.15, -0.1) is 11.3 Å². The van der Waals surface area contributed by atoms with Crippen LogP contribution in [-0.4, -0.2) is 4.98 Å². The molecule has 1 heterocycles. The fourth-order valence-electron chi connectivity index (χ4n) is 2.71. The Morgan fingerprint density at radius 3 is 2.25 bits per heavy atom. The van der Waals surface area contributed by atoms with Crippen molar-refractivity contribution in [2.45, 2.75) is 63.2 Å². The SMILES string of the molecule is Nc1sc(C2CC2)nc1C1CCCCCC1. The third kappa shape index (κ3) is 2.10. The molecule has 0 radical (unpaired) electrons. The smallest absolute Gasteiger partial charge is 0.110 e. The quantitative estimate of drug-likeness (QED) is 0.787. The molecule has 0 aliphatic heterocycles. The Labute approximate surface area is 101 Å². The summed E-state index contributed by atoms with van der Waals surface area (Å²) in [5.74, 6) is 1.41. The second kappa shape index (κ2) is 4.36. The fraction of sp³-hybridized carbons (Fsp3) is 0.769. The number of nitrogen functional groups attached to an aromatic ring is 1. The Bertz CT molecular complexity index is 360. The summed E-state index contributed by atoms with van der Waals surface area (Å²) in [4.78, 5) is 4.83. The lowest BCUT2D eigenvalue weighted by Gasteiger charge is -2.11. The van der Waals surface area contributed by atoms with Crippen molar-refractivity contribution in [3.63, 3.8) is 0 Å². The average Bonchev–Trinajstić information content (AvgIpc) is 3.08. The Balaban J connectivity index is 1.80. The van der Waals surface area contributed by atoms with Gasteiger partial charge < -0.3 is 5.73 Å². The summed E-state index contributed by atoms with van der Waals surface area (Å²) >= 11 is 1.75. The van der Waals surface area contributed by atoms with E-state index in [2.05, 4.69) is 0 Å². The van der Waals surface area contributed by atoms with Crippen LogP contribution < -0.4 is 5.73 Å². The first-order valence-electron chi connectivity index (χ1n) is 6.60. The van der Waals surface area contributed by atoms with E-state index in [0.717, 1.165) is 10.9 Å². The van der Waals surface area contributed by atoms with Gasteiger partial charge in [0, 0.05) is 11.8 Å². The third-order valence-corrected chi connectivity index (χ3v) is 4.93. The van der Waals surface area contributed by atoms with Gasteiger partial charge in [-0.1, -0.05) is 25.7 Å². The largest absolute Gasteiger partial charge is 0.389 e. The number of thiazole rings is 1. The van der Waals surface area contributed by atoms with Gasteiger partial charge in [-0.25, -0.2) is 4.98 Å². The van der Waals surface area contributed by atoms with Gasteiger partial charge in [0.25, 0.3) is 0 Å². The van der Waals surface area contributed by atoms with Gasteiger partial charge >= 0.3 is 0 Å². The second-order valence-electron chi connectivity index (χ2n) is 5.26. The molecule has 1 aromatic rings. The predicted octanol–water partition coefficient (Wildman–Crippen LogP) is 4.04. The average molecular weight is 236 g/mol.